The minimum atomic E-state index is -0.400. The smallest absolute Gasteiger partial charge is 0.170 e. The third-order valence-corrected chi connectivity index (χ3v) is 4.64. The van der Waals surface area contributed by atoms with Gasteiger partial charge in [-0.3, -0.25) is 4.90 Å². The molecule has 0 spiro atoms. The monoisotopic (exact) mass is 311 g/mol. The fourth-order valence-corrected chi connectivity index (χ4v) is 3.23. The van der Waals surface area contributed by atoms with Crippen molar-refractivity contribution in [3.8, 4) is 0 Å². The average Bonchev–Trinajstić information content (AvgIpc) is 3.01. The Bertz CT molecular complexity index is 439. The van der Waals surface area contributed by atoms with Gasteiger partial charge in [0.25, 0.3) is 0 Å². The van der Waals surface area contributed by atoms with Crippen molar-refractivity contribution < 1.29 is 14.6 Å². The predicted octanol–water partition coefficient (Wildman–Crippen LogP) is 2.46. The van der Waals surface area contributed by atoms with E-state index in [1.54, 1.807) is 0 Å². The van der Waals surface area contributed by atoms with E-state index in [2.05, 4.69) is 4.90 Å². The molecule has 0 saturated carbocycles. The third kappa shape index (κ3) is 3.96. The second-order valence-corrected chi connectivity index (χ2v) is 6.24. The molecule has 1 aromatic rings. The molecule has 2 heterocycles. The van der Waals surface area contributed by atoms with Gasteiger partial charge in [0.15, 0.2) is 6.29 Å². The molecule has 1 aromatic carbocycles. The number of ether oxygens (including phenoxy) is 2. The highest BCUT2D eigenvalue weighted by molar-refractivity contribution is 6.30. The van der Waals surface area contributed by atoms with E-state index in [1.807, 2.05) is 24.3 Å². The van der Waals surface area contributed by atoms with Gasteiger partial charge < -0.3 is 14.6 Å². The number of likely N-dealkylation sites (tertiary alicyclic amines) is 1. The summed E-state index contributed by atoms with van der Waals surface area (Å²) in [5.74, 6) is 0.313. The number of nitrogens with zero attached hydrogens (tertiary/aromatic N) is 1. The summed E-state index contributed by atoms with van der Waals surface area (Å²) in [7, 11) is 0. The van der Waals surface area contributed by atoms with Crippen molar-refractivity contribution in [2.24, 2.45) is 5.92 Å². The lowest BCUT2D eigenvalue weighted by Crippen LogP contribution is -2.40. The second-order valence-electron chi connectivity index (χ2n) is 5.81. The van der Waals surface area contributed by atoms with Gasteiger partial charge in [-0.2, -0.15) is 0 Å². The molecule has 4 nitrogen and oxygen atoms in total. The number of rotatable bonds is 4. The topological polar surface area (TPSA) is 41.9 Å². The number of piperidine rings is 1. The van der Waals surface area contributed by atoms with Crippen molar-refractivity contribution in [3.63, 3.8) is 0 Å². The Kier molecular flexibility index (Phi) is 5.14. The van der Waals surface area contributed by atoms with Crippen LogP contribution in [0.15, 0.2) is 24.3 Å². The fourth-order valence-electron chi connectivity index (χ4n) is 3.11. The van der Waals surface area contributed by atoms with Gasteiger partial charge >= 0.3 is 0 Å². The zero-order chi connectivity index (χ0) is 14.7. The average molecular weight is 312 g/mol. The van der Waals surface area contributed by atoms with Gasteiger partial charge in [-0.1, -0.05) is 23.7 Å². The lowest BCUT2D eigenvalue weighted by Gasteiger charge is -2.35. The highest BCUT2D eigenvalue weighted by Crippen LogP contribution is 2.31. The first kappa shape index (κ1) is 15.3. The molecule has 1 unspecified atom stereocenters. The molecule has 1 N–H and O–H groups in total. The van der Waals surface area contributed by atoms with E-state index in [4.69, 9.17) is 21.1 Å². The predicted molar refractivity (Wildman–Crippen MR) is 81.3 cm³/mol. The summed E-state index contributed by atoms with van der Waals surface area (Å²) in [6.45, 7) is 4.22. The molecule has 21 heavy (non-hydrogen) atoms. The van der Waals surface area contributed by atoms with E-state index in [9.17, 15) is 5.11 Å². The summed E-state index contributed by atoms with van der Waals surface area (Å²) in [6.07, 6.45) is 1.53. The van der Waals surface area contributed by atoms with Gasteiger partial charge in [-0.25, -0.2) is 0 Å². The maximum atomic E-state index is 10.5. The van der Waals surface area contributed by atoms with Crippen LogP contribution in [0.4, 0.5) is 0 Å². The molecule has 2 aliphatic heterocycles. The summed E-state index contributed by atoms with van der Waals surface area (Å²) in [4.78, 5) is 2.36. The van der Waals surface area contributed by atoms with Crippen LogP contribution in [-0.2, 0) is 9.47 Å². The van der Waals surface area contributed by atoms with E-state index in [1.165, 1.54) is 0 Å². The summed E-state index contributed by atoms with van der Waals surface area (Å²) >= 11 is 5.89. The van der Waals surface area contributed by atoms with Crippen LogP contribution in [0.1, 0.15) is 24.5 Å². The number of hydrogen-bond acceptors (Lipinski definition) is 4. The number of aliphatic hydroxyl groups is 1. The molecule has 1 atom stereocenters. The van der Waals surface area contributed by atoms with Crippen LogP contribution in [0, 0.1) is 5.92 Å². The first-order chi connectivity index (χ1) is 10.2. The van der Waals surface area contributed by atoms with Crippen LogP contribution >= 0.6 is 11.6 Å². The number of halogens is 1. The quantitative estimate of drug-likeness (QED) is 0.927. The van der Waals surface area contributed by atoms with E-state index in [0.717, 1.165) is 38.0 Å². The van der Waals surface area contributed by atoms with Gasteiger partial charge in [0, 0.05) is 11.6 Å². The Morgan fingerprint density at radius 2 is 1.76 bits per heavy atom. The van der Waals surface area contributed by atoms with Gasteiger partial charge in [-0.05, 0) is 49.5 Å². The lowest BCUT2D eigenvalue weighted by atomic mass is 9.87. The molecule has 2 saturated heterocycles. The molecule has 0 amide bonds. The van der Waals surface area contributed by atoms with Crippen molar-refractivity contribution in [1.29, 1.82) is 0 Å². The zero-order valence-electron chi connectivity index (χ0n) is 12.1. The third-order valence-electron chi connectivity index (χ3n) is 4.39. The Balaban J connectivity index is 1.49. The summed E-state index contributed by atoms with van der Waals surface area (Å²) < 4.78 is 11.0. The molecule has 116 valence electrons. The second kappa shape index (κ2) is 7.07. The minimum absolute atomic E-state index is 0.0669. The molecule has 3 rings (SSSR count). The van der Waals surface area contributed by atoms with Gasteiger partial charge in [0.1, 0.15) is 0 Å². The van der Waals surface area contributed by atoms with Crippen molar-refractivity contribution >= 4 is 11.6 Å². The van der Waals surface area contributed by atoms with Gasteiger partial charge in [0.05, 0.1) is 19.3 Å². The summed E-state index contributed by atoms with van der Waals surface area (Å²) in [5.41, 5.74) is 0.959. The molecule has 2 aliphatic rings. The van der Waals surface area contributed by atoms with Crippen LogP contribution in [0.25, 0.3) is 0 Å². The minimum Gasteiger partial charge on any atom is -0.388 e. The normalized spacial score (nSPS) is 23.5. The van der Waals surface area contributed by atoms with Crippen molar-refractivity contribution in [1.82, 2.24) is 4.90 Å². The molecule has 0 aromatic heterocycles. The molecule has 0 aliphatic carbocycles. The van der Waals surface area contributed by atoms with Crippen molar-refractivity contribution in [2.45, 2.75) is 25.2 Å². The maximum absolute atomic E-state index is 10.5. The van der Waals surface area contributed by atoms with Crippen LogP contribution in [0.5, 0.6) is 0 Å². The standard InChI is InChI=1S/C16H22ClNO3/c17-14-3-1-12(2-4-14)16(19)13-5-7-18(8-6-13)11-15-20-9-10-21-15/h1-4,13,15-16,19H,5-11H2. The number of benzene rings is 1. The first-order valence-electron chi connectivity index (χ1n) is 7.61. The van der Waals surface area contributed by atoms with Gasteiger partial charge in [-0.15, -0.1) is 0 Å². The fraction of sp³-hybridized carbons (Fsp3) is 0.625. The highest BCUT2D eigenvalue weighted by Gasteiger charge is 2.28. The van der Waals surface area contributed by atoms with Crippen LogP contribution < -0.4 is 0 Å². The SMILES string of the molecule is OC(c1ccc(Cl)cc1)C1CCN(CC2OCCO2)CC1. The van der Waals surface area contributed by atoms with Crippen LogP contribution in [-0.4, -0.2) is 49.1 Å². The van der Waals surface area contributed by atoms with E-state index >= 15 is 0 Å². The first-order valence-corrected chi connectivity index (χ1v) is 7.99. The Hall–Kier alpha value is -0.650. The van der Waals surface area contributed by atoms with E-state index in [-0.39, 0.29) is 6.29 Å². The summed E-state index contributed by atoms with van der Waals surface area (Å²) in [5, 5.41) is 11.2. The zero-order valence-corrected chi connectivity index (χ0v) is 12.8. The maximum Gasteiger partial charge on any atom is 0.170 e. The molecule has 0 radical (unpaired) electrons. The van der Waals surface area contributed by atoms with Crippen molar-refractivity contribution in [3.05, 3.63) is 34.9 Å². The number of hydrogen-bond donors (Lipinski definition) is 1. The largest absolute Gasteiger partial charge is 0.388 e. The van der Waals surface area contributed by atoms with Crippen LogP contribution in [0.3, 0.4) is 0 Å². The summed E-state index contributed by atoms with van der Waals surface area (Å²) in [6, 6.07) is 7.51. The number of aliphatic hydroxyl groups excluding tert-OH is 1. The van der Waals surface area contributed by atoms with E-state index < -0.39 is 6.10 Å². The Morgan fingerprint density at radius 3 is 2.38 bits per heavy atom. The van der Waals surface area contributed by atoms with Crippen LogP contribution in [0.2, 0.25) is 5.02 Å². The molecular weight excluding hydrogens is 290 g/mol. The lowest BCUT2D eigenvalue weighted by molar-refractivity contribution is -0.0689. The van der Waals surface area contributed by atoms with Gasteiger partial charge in [0.2, 0.25) is 0 Å². The molecular formula is C16H22ClNO3. The molecule has 2 fully saturated rings. The molecule has 5 heteroatoms. The van der Waals surface area contributed by atoms with E-state index in [0.29, 0.717) is 24.2 Å². The Morgan fingerprint density at radius 1 is 1.14 bits per heavy atom. The Labute approximate surface area is 130 Å². The van der Waals surface area contributed by atoms with Crippen molar-refractivity contribution in [2.75, 3.05) is 32.8 Å². The highest BCUT2D eigenvalue weighted by atomic mass is 35.5. The molecule has 0 bridgehead atoms.